The van der Waals surface area contributed by atoms with E-state index in [0.717, 1.165) is 11.3 Å². The van der Waals surface area contributed by atoms with Crippen molar-refractivity contribution < 1.29 is 9.90 Å². The fraction of sp³-hybridized carbons (Fsp3) is 0.308. The fourth-order valence-electron chi connectivity index (χ4n) is 1.51. The van der Waals surface area contributed by atoms with E-state index in [9.17, 15) is 4.79 Å². The lowest BCUT2D eigenvalue weighted by Crippen LogP contribution is -2.14. The van der Waals surface area contributed by atoms with Crippen molar-refractivity contribution in [3.63, 3.8) is 0 Å². The number of rotatable bonds is 4. The summed E-state index contributed by atoms with van der Waals surface area (Å²) in [5, 5.41) is 12.1. The van der Waals surface area contributed by atoms with Gasteiger partial charge in [-0.15, -0.1) is 12.3 Å². The average molecular weight is 217 g/mol. The molecule has 0 amide bonds. The molecular formula is C13H15NO2. The van der Waals surface area contributed by atoms with Crippen LogP contribution in [0.1, 0.15) is 29.3 Å². The Morgan fingerprint density at radius 3 is 2.81 bits per heavy atom. The summed E-state index contributed by atoms with van der Waals surface area (Å²) in [6, 6.07) is 5.35. The van der Waals surface area contributed by atoms with Gasteiger partial charge in [-0.3, -0.25) is 0 Å². The van der Waals surface area contributed by atoms with E-state index < -0.39 is 5.97 Å². The first-order valence-electron chi connectivity index (χ1n) is 5.08. The molecule has 1 unspecified atom stereocenters. The largest absolute Gasteiger partial charge is 0.478 e. The minimum atomic E-state index is -0.902. The first-order chi connectivity index (χ1) is 7.54. The van der Waals surface area contributed by atoms with E-state index in [2.05, 4.69) is 11.2 Å². The highest BCUT2D eigenvalue weighted by molar-refractivity contribution is 5.89. The Kier molecular flexibility index (Phi) is 3.96. The van der Waals surface area contributed by atoms with Gasteiger partial charge < -0.3 is 10.4 Å². The summed E-state index contributed by atoms with van der Waals surface area (Å²) in [5.41, 5.74) is 1.96. The SMILES string of the molecule is C#CCC(C)Nc1ccc(C(=O)O)c(C)c1. The molecule has 0 heterocycles. The lowest BCUT2D eigenvalue weighted by molar-refractivity contribution is 0.0696. The molecule has 3 nitrogen and oxygen atoms in total. The van der Waals surface area contributed by atoms with Crippen LogP contribution in [0.3, 0.4) is 0 Å². The first-order valence-corrected chi connectivity index (χ1v) is 5.08. The van der Waals surface area contributed by atoms with Crippen molar-refractivity contribution in [1.29, 1.82) is 0 Å². The third-order valence-electron chi connectivity index (χ3n) is 2.29. The molecular weight excluding hydrogens is 202 g/mol. The van der Waals surface area contributed by atoms with Gasteiger partial charge in [-0.25, -0.2) is 4.79 Å². The van der Waals surface area contributed by atoms with Gasteiger partial charge in [0.05, 0.1) is 5.56 Å². The Bertz CT molecular complexity index is 432. The van der Waals surface area contributed by atoms with Crippen molar-refractivity contribution in [2.75, 3.05) is 5.32 Å². The van der Waals surface area contributed by atoms with Crippen LogP contribution in [0.5, 0.6) is 0 Å². The topological polar surface area (TPSA) is 49.3 Å². The fourth-order valence-corrected chi connectivity index (χ4v) is 1.51. The standard InChI is InChI=1S/C13H15NO2/c1-4-5-10(3)14-11-6-7-12(13(15)16)9(2)8-11/h1,6-8,10,14H,5H2,2-3H3,(H,15,16). The molecule has 1 atom stereocenters. The van der Waals surface area contributed by atoms with Crippen LogP contribution in [0, 0.1) is 19.3 Å². The average Bonchev–Trinajstić information content (AvgIpc) is 2.17. The maximum atomic E-state index is 10.8. The number of carboxylic acid groups (broad SMARTS) is 1. The predicted octanol–water partition coefficient (Wildman–Crippen LogP) is 2.52. The number of aryl methyl sites for hydroxylation is 1. The zero-order valence-electron chi connectivity index (χ0n) is 9.45. The maximum absolute atomic E-state index is 10.8. The third-order valence-corrected chi connectivity index (χ3v) is 2.29. The smallest absolute Gasteiger partial charge is 0.335 e. The Labute approximate surface area is 95.5 Å². The molecule has 1 aromatic rings. The maximum Gasteiger partial charge on any atom is 0.335 e. The van der Waals surface area contributed by atoms with Crippen molar-refractivity contribution in [1.82, 2.24) is 0 Å². The summed E-state index contributed by atoms with van der Waals surface area (Å²) in [7, 11) is 0. The molecule has 1 rings (SSSR count). The number of hydrogen-bond acceptors (Lipinski definition) is 2. The predicted molar refractivity (Wildman–Crippen MR) is 64.7 cm³/mol. The van der Waals surface area contributed by atoms with Crippen LogP contribution in [0.4, 0.5) is 5.69 Å². The number of hydrogen-bond donors (Lipinski definition) is 2. The van der Waals surface area contributed by atoms with E-state index in [1.807, 2.05) is 13.0 Å². The van der Waals surface area contributed by atoms with Crippen molar-refractivity contribution in [3.8, 4) is 12.3 Å². The van der Waals surface area contributed by atoms with Gasteiger partial charge in [0.15, 0.2) is 0 Å². The molecule has 16 heavy (non-hydrogen) atoms. The van der Waals surface area contributed by atoms with E-state index in [1.54, 1.807) is 19.1 Å². The molecule has 3 heteroatoms. The van der Waals surface area contributed by atoms with Gasteiger partial charge in [0.2, 0.25) is 0 Å². The van der Waals surface area contributed by atoms with E-state index in [4.69, 9.17) is 11.5 Å². The molecule has 0 bridgehead atoms. The van der Waals surface area contributed by atoms with E-state index in [1.165, 1.54) is 0 Å². The van der Waals surface area contributed by atoms with Crippen LogP contribution in [0.2, 0.25) is 0 Å². The highest BCUT2D eigenvalue weighted by atomic mass is 16.4. The minimum absolute atomic E-state index is 0.181. The van der Waals surface area contributed by atoms with Gasteiger partial charge in [0.25, 0.3) is 0 Å². The summed E-state index contributed by atoms with van der Waals surface area (Å²) in [6.45, 7) is 3.76. The molecule has 84 valence electrons. The summed E-state index contributed by atoms with van der Waals surface area (Å²) in [6.07, 6.45) is 5.85. The van der Waals surface area contributed by atoms with Crippen LogP contribution in [0.15, 0.2) is 18.2 Å². The normalized spacial score (nSPS) is 11.6. The lowest BCUT2D eigenvalue weighted by Gasteiger charge is -2.13. The summed E-state index contributed by atoms with van der Waals surface area (Å²) in [4.78, 5) is 10.8. The van der Waals surface area contributed by atoms with Gasteiger partial charge in [-0.05, 0) is 37.6 Å². The Hall–Kier alpha value is -1.95. The van der Waals surface area contributed by atoms with Crippen molar-refractivity contribution in [2.24, 2.45) is 0 Å². The van der Waals surface area contributed by atoms with E-state index >= 15 is 0 Å². The number of nitrogens with one attached hydrogen (secondary N) is 1. The monoisotopic (exact) mass is 217 g/mol. The Morgan fingerprint density at radius 1 is 1.62 bits per heavy atom. The Morgan fingerprint density at radius 2 is 2.31 bits per heavy atom. The summed E-state index contributed by atoms with van der Waals surface area (Å²) < 4.78 is 0. The third kappa shape index (κ3) is 3.03. The molecule has 0 aliphatic heterocycles. The molecule has 0 aliphatic carbocycles. The molecule has 0 spiro atoms. The second kappa shape index (κ2) is 5.22. The van der Waals surface area contributed by atoms with Gasteiger partial charge in [0.1, 0.15) is 0 Å². The zero-order chi connectivity index (χ0) is 12.1. The first kappa shape index (κ1) is 12.1. The number of carbonyl (C=O) groups is 1. The summed E-state index contributed by atoms with van der Waals surface area (Å²) >= 11 is 0. The van der Waals surface area contributed by atoms with Gasteiger partial charge >= 0.3 is 5.97 Å². The molecule has 0 saturated heterocycles. The van der Waals surface area contributed by atoms with Crippen LogP contribution < -0.4 is 5.32 Å². The lowest BCUT2D eigenvalue weighted by atomic mass is 10.1. The van der Waals surface area contributed by atoms with Gasteiger partial charge in [-0.2, -0.15) is 0 Å². The molecule has 0 fully saturated rings. The number of benzene rings is 1. The minimum Gasteiger partial charge on any atom is -0.478 e. The zero-order valence-corrected chi connectivity index (χ0v) is 9.45. The van der Waals surface area contributed by atoms with Crippen molar-refractivity contribution >= 4 is 11.7 Å². The van der Waals surface area contributed by atoms with Gasteiger partial charge in [-0.1, -0.05) is 0 Å². The highest BCUT2D eigenvalue weighted by Crippen LogP contribution is 2.16. The molecule has 0 radical (unpaired) electrons. The van der Waals surface area contributed by atoms with E-state index in [0.29, 0.717) is 12.0 Å². The van der Waals surface area contributed by atoms with Gasteiger partial charge in [0, 0.05) is 18.2 Å². The second-order valence-corrected chi connectivity index (χ2v) is 3.79. The molecule has 1 aromatic carbocycles. The Balaban J connectivity index is 2.82. The van der Waals surface area contributed by atoms with Crippen LogP contribution in [-0.4, -0.2) is 17.1 Å². The van der Waals surface area contributed by atoms with E-state index in [-0.39, 0.29) is 6.04 Å². The quantitative estimate of drug-likeness (QED) is 0.762. The molecule has 0 aromatic heterocycles. The number of anilines is 1. The number of aromatic carboxylic acids is 1. The molecule has 0 saturated carbocycles. The molecule has 2 N–H and O–H groups in total. The highest BCUT2D eigenvalue weighted by Gasteiger charge is 2.07. The number of carboxylic acids is 1. The second-order valence-electron chi connectivity index (χ2n) is 3.79. The number of terminal acetylenes is 1. The van der Waals surface area contributed by atoms with Crippen LogP contribution >= 0.6 is 0 Å². The van der Waals surface area contributed by atoms with Crippen molar-refractivity contribution in [2.45, 2.75) is 26.3 Å². The molecule has 0 aliphatic rings. The van der Waals surface area contributed by atoms with Crippen LogP contribution in [0.25, 0.3) is 0 Å². The van der Waals surface area contributed by atoms with Crippen LogP contribution in [-0.2, 0) is 0 Å². The summed E-state index contributed by atoms with van der Waals surface area (Å²) in [5.74, 6) is 1.67. The van der Waals surface area contributed by atoms with Crippen molar-refractivity contribution in [3.05, 3.63) is 29.3 Å².